The van der Waals surface area contributed by atoms with Crippen LogP contribution in [0.1, 0.15) is 41.4 Å². The van der Waals surface area contributed by atoms with E-state index < -0.39 is 77.9 Å². The van der Waals surface area contributed by atoms with Crippen molar-refractivity contribution in [3.63, 3.8) is 0 Å². The van der Waals surface area contributed by atoms with Gasteiger partial charge in [0, 0.05) is 48.4 Å². The molecule has 0 bridgehead atoms. The molecule has 47 heavy (non-hydrogen) atoms. The number of sulfonamides is 1. The zero-order valence-corrected chi connectivity index (χ0v) is 27.7. The highest BCUT2D eigenvalue weighted by atomic mass is 32.2. The molecule has 0 spiro atoms. The molecule has 1 aromatic carbocycles. The molecule has 0 radical (unpaired) electrons. The van der Waals surface area contributed by atoms with E-state index >= 15 is 0 Å². The Kier molecular flexibility index (Phi) is 9.99. The molecule has 256 valence electrons. The lowest BCUT2D eigenvalue weighted by Crippen LogP contribution is -2.61. The summed E-state index contributed by atoms with van der Waals surface area (Å²) in [6, 6.07) is 1.01. The number of hydrogen-bond donors (Lipinski definition) is 4. The minimum atomic E-state index is -4.07. The lowest BCUT2D eigenvalue weighted by atomic mass is 10.1. The quantitative estimate of drug-likeness (QED) is 0.278. The summed E-state index contributed by atoms with van der Waals surface area (Å²) in [6.45, 7) is 1.06. The highest BCUT2D eigenvalue weighted by molar-refractivity contribution is 7.88. The van der Waals surface area contributed by atoms with Crippen LogP contribution in [0.4, 0.5) is 8.78 Å². The topological polar surface area (TPSA) is 203 Å². The van der Waals surface area contributed by atoms with E-state index in [-0.39, 0.29) is 48.8 Å². The lowest BCUT2D eigenvalue weighted by molar-refractivity contribution is -0.185. The van der Waals surface area contributed by atoms with Gasteiger partial charge in [-0.2, -0.15) is 13.1 Å². The van der Waals surface area contributed by atoms with Crippen LogP contribution in [0.2, 0.25) is 0 Å². The van der Waals surface area contributed by atoms with Gasteiger partial charge in [0.25, 0.3) is 5.91 Å². The van der Waals surface area contributed by atoms with Gasteiger partial charge in [-0.3, -0.25) is 19.2 Å². The predicted octanol–water partition coefficient (Wildman–Crippen LogP) is 0.448. The Morgan fingerprint density at radius 3 is 2.47 bits per heavy atom. The van der Waals surface area contributed by atoms with Gasteiger partial charge in [0.1, 0.15) is 12.1 Å². The van der Waals surface area contributed by atoms with Gasteiger partial charge >= 0.3 is 14.4 Å². The average Bonchev–Trinajstić information content (AvgIpc) is 3.68. The summed E-state index contributed by atoms with van der Waals surface area (Å²) in [5, 5.41) is 15.9. The van der Waals surface area contributed by atoms with Crippen LogP contribution in [0, 0.1) is 0 Å². The molecule has 5 rings (SSSR count). The Bertz CT molecular complexity index is 1730. The number of aliphatic hydroxyl groups is 1. The summed E-state index contributed by atoms with van der Waals surface area (Å²) in [7, 11) is -7.21. The van der Waals surface area contributed by atoms with E-state index in [1.807, 2.05) is 0 Å². The van der Waals surface area contributed by atoms with Crippen molar-refractivity contribution in [3.8, 4) is 0 Å². The fourth-order valence-corrected chi connectivity index (χ4v) is 8.29. The molecule has 4 N–H and O–H groups in total. The first-order valence-corrected chi connectivity index (χ1v) is 18.3. The van der Waals surface area contributed by atoms with Crippen molar-refractivity contribution in [2.45, 2.75) is 62.6 Å². The Morgan fingerprint density at radius 1 is 1.11 bits per heavy atom. The monoisotopic (exact) mass is 720 g/mol. The Morgan fingerprint density at radius 2 is 1.83 bits per heavy atom. The third-order valence-electron chi connectivity index (χ3n) is 8.56. The SMILES string of the molecule is CC(=O)N1CC[C@H]2CC[C@@H](C(=O)N[C@H]3CN(S(C)(=O)=O)C[C@@H]3O)N2C(=O)[C@@H](NC(=O)c2cc3cc(C(F)(F)O[P+](=O)O)ccc3s2)C1. The fourth-order valence-electron chi connectivity index (χ4n) is 6.18. The van der Waals surface area contributed by atoms with E-state index in [1.165, 1.54) is 28.9 Å². The number of hydrogen-bond acceptors (Lipinski definition) is 10. The van der Waals surface area contributed by atoms with Crippen molar-refractivity contribution in [1.82, 2.24) is 24.7 Å². The minimum Gasteiger partial charge on any atom is -0.390 e. The highest BCUT2D eigenvalue weighted by Crippen LogP contribution is 2.39. The molecule has 20 heteroatoms. The first kappa shape index (κ1) is 35.1. The van der Waals surface area contributed by atoms with Crippen LogP contribution >= 0.6 is 19.6 Å². The molecule has 3 aliphatic rings. The van der Waals surface area contributed by atoms with Gasteiger partial charge in [-0.05, 0) is 53.4 Å². The smallest absolute Gasteiger partial charge is 0.390 e. The van der Waals surface area contributed by atoms with Gasteiger partial charge in [0.05, 0.1) is 28.8 Å². The second-order valence-electron chi connectivity index (χ2n) is 11.7. The number of thiophene rings is 1. The van der Waals surface area contributed by atoms with Gasteiger partial charge in [0.2, 0.25) is 27.7 Å². The number of aliphatic hydroxyl groups excluding tert-OH is 1. The summed E-state index contributed by atoms with van der Waals surface area (Å²) in [5.41, 5.74) is -0.710. The highest BCUT2D eigenvalue weighted by Gasteiger charge is 2.47. The first-order valence-electron chi connectivity index (χ1n) is 14.5. The number of nitrogens with zero attached hydrogens (tertiary/aromatic N) is 3. The molecule has 3 saturated heterocycles. The molecular weight excluding hydrogens is 687 g/mol. The fraction of sp³-hybridized carbons (Fsp3) is 0.556. The number of benzene rings is 1. The van der Waals surface area contributed by atoms with Crippen LogP contribution < -0.4 is 10.6 Å². The Labute approximate surface area is 272 Å². The average molecular weight is 721 g/mol. The number of alkyl halides is 2. The number of rotatable bonds is 8. The van der Waals surface area contributed by atoms with Crippen molar-refractivity contribution in [3.05, 3.63) is 34.7 Å². The standard InChI is InChI=1S/C27H32F2N5O10PS2/c1-14(35)32-8-7-17-4-5-20(24(37)30-18-12-33(13-21(18)36)47(2,42)43)34(17)26(39)19(11-32)31-25(38)23-10-15-9-16(3-6-22(15)46-23)27(28,29)44-45(40)41/h3,6,9-10,17-21,36H,4-5,7-8,11-13H2,1-2H3,(H2-,30,31,37,38,40,41)/p+1/t17-,18+,19+,20+,21+/m1/s1. The predicted molar refractivity (Wildman–Crippen MR) is 163 cm³/mol. The molecule has 1 unspecified atom stereocenters. The van der Waals surface area contributed by atoms with Gasteiger partial charge in [-0.15, -0.1) is 16.2 Å². The van der Waals surface area contributed by atoms with E-state index in [9.17, 15) is 46.0 Å². The van der Waals surface area contributed by atoms with E-state index in [0.717, 1.165) is 34.0 Å². The van der Waals surface area contributed by atoms with Crippen LogP contribution in [-0.2, 0) is 39.6 Å². The van der Waals surface area contributed by atoms with E-state index in [2.05, 4.69) is 15.2 Å². The van der Waals surface area contributed by atoms with Gasteiger partial charge in [0.15, 0.2) is 0 Å². The summed E-state index contributed by atoms with van der Waals surface area (Å²) in [5.74, 6) is -2.26. The molecule has 3 fully saturated rings. The van der Waals surface area contributed by atoms with Crippen LogP contribution in [0.3, 0.4) is 0 Å². The zero-order chi connectivity index (χ0) is 34.4. The number of amides is 4. The molecule has 15 nitrogen and oxygen atoms in total. The molecule has 6 atom stereocenters. The van der Waals surface area contributed by atoms with Gasteiger partial charge in [-0.25, -0.2) is 8.42 Å². The zero-order valence-electron chi connectivity index (χ0n) is 25.2. The van der Waals surface area contributed by atoms with E-state index in [4.69, 9.17) is 4.89 Å². The summed E-state index contributed by atoms with van der Waals surface area (Å²) >= 11 is 0.945. The van der Waals surface area contributed by atoms with Crippen LogP contribution in [0.5, 0.6) is 0 Å². The summed E-state index contributed by atoms with van der Waals surface area (Å²) in [4.78, 5) is 65.0. The molecule has 4 heterocycles. The maximum absolute atomic E-state index is 14.2. The number of carbonyl (C=O) groups excluding carboxylic acids is 4. The Balaban J connectivity index is 1.36. The summed E-state index contributed by atoms with van der Waals surface area (Å²) in [6.07, 6.45) is -3.16. The van der Waals surface area contributed by atoms with E-state index in [0.29, 0.717) is 17.5 Å². The molecule has 0 aliphatic carbocycles. The maximum atomic E-state index is 14.2. The first-order chi connectivity index (χ1) is 21.9. The third-order valence-corrected chi connectivity index (χ3v) is 11.3. The number of nitrogens with one attached hydrogen (secondary N) is 2. The van der Waals surface area contributed by atoms with Gasteiger partial charge in [-0.1, -0.05) is 0 Å². The normalized spacial score (nSPS) is 26.1. The molecule has 0 saturated carbocycles. The van der Waals surface area contributed by atoms with Crippen molar-refractivity contribution in [2.24, 2.45) is 0 Å². The van der Waals surface area contributed by atoms with Crippen LogP contribution in [0.15, 0.2) is 24.3 Å². The second kappa shape index (κ2) is 13.4. The summed E-state index contributed by atoms with van der Waals surface area (Å²) < 4.78 is 68.5. The van der Waals surface area contributed by atoms with Crippen LogP contribution in [-0.4, -0.2) is 119 Å². The number of fused-ring (bicyclic) bond motifs is 2. The largest absolute Gasteiger partial charge is 0.701 e. The minimum absolute atomic E-state index is 0.0526. The van der Waals surface area contributed by atoms with Crippen LogP contribution in [0.25, 0.3) is 10.1 Å². The van der Waals surface area contributed by atoms with Gasteiger partial charge < -0.3 is 25.5 Å². The molecule has 1 aromatic heterocycles. The van der Waals surface area contributed by atoms with Crippen molar-refractivity contribution >= 4 is 63.3 Å². The second-order valence-corrected chi connectivity index (χ2v) is 15.5. The molecular formula is C27H33F2N5O10PS2+. The lowest BCUT2D eigenvalue weighted by Gasteiger charge is -2.38. The Hall–Kier alpha value is -3.19. The number of carbonyl (C=O) groups is 4. The van der Waals surface area contributed by atoms with Crippen molar-refractivity contribution < 1.29 is 55.5 Å². The molecule has 4 amide bonds. The van der Waals surface area contributed by atoms with Crippen molar-refractivity contribution in [1.29, 1.82) is 0 Å². The number of halogens is 2. The third kappa shape index (κ3) is 7.61. The maximum Gasteiger partial charge on any atom is 0.701 e. The van der Waals surface area contributed by atoms with E-state index in [1.54, 1.807) is 0 Å². The number of β-amino-alcohol motifs (C(OH)–C–C–N with tert-alkyl or cyclic N) is 1. The van der Waals surface area contributed by atoms with Crippen molar-refractivity contribution in [2.75, 3.05) is 32.4 Å². The molecule has 2 aromatic rings. The molecule has 3 aliphatic heterocycles.